The van der Waals surface area contributed by atoms with E-state index in [1.54, 1.807) is 9.58 Å². The van der Waals surface area contributed by atoms with Crippen molar-refractivity contribution in [1.29, 1.82) is 0 Å². The lowest BCUT2D eigenvalue weighted by molar-refractivity contribution is -0.127. The molecule has 0 bridgehead atoms. The smallest absolute Gasteiger partial charge is 0.277 e. The summed E-state index contributed by atoms with van der Waals surface area (Å²) in [7, 11) is 0. The average Bonchev–Trinajstić information content (AvgIpc) is 3.00. The van der Waals surface area contributed by atoms with Gasteiger partial charge in [0.2, 0.25) is 5.91 Å². The lowest BCUT2D eigenvalue weighted by Gasteiger charge is -2.44. The average molecular weight is 451 g/mol. The lowest BCUT2D eigenvalue weighted by atomic mass is 9.90. The van der Waals surface area contributed by atoms with Gasteiger partial charge >= 0.3 is 0 Å². The van der Waals surface area contributed by atoms with Gasteiger partial charge in [0, 0.05) is 17.1 Å². The summed E-state index contributed by atoms with van der Waals surface area (Å²) < 4.78 is 1.75. The number of rotatable bonds is 3. The van der Waals surface area contributed by atoms with Crippen molar-refractivity contribution in [2.24, 2.45) is 0 Å². The van der Waals surface area contributed by atoms with E-state index in [0.29, 0.717) is 12.2 Å². The summed E-state index contributed by atoms with van der Waals surface area (Å²) in [5, 5.41) is 8.08. The number of amides is 2. The maximum absolute atomic E-state index is 13.9. The van der Waals surface area contributed by atoms with Gasteiger partial charge in [-0.2, -0.15) is 5.10 Å². The molecule has 2 aromatic rings. The molecule has 6 heteroatoms. The molecule has 0 unspecified atom stereocenters. The van der Waals surface area contributed by atoms with Crippen LogP contribution in [0.1, 0.15) is 93.5 Å². The fourth-order valence-corrected chi connectivity index (χ4v) is 5.15. The predicted octanol–water partition coefficient (Wildman–Crippen LogP) is 5.06. The van der Waals surface area contributed by atoms with Crippen molar-refractivity contribution in [3.63, 3.8) is 0 Å². The van der Waals surface area contributed by atoms with E-state index in [4.69, 9.17) is 5.10 Å². The van der Waals surface area contributed by atoms with Crippen LogP contribution in [0, 0.1) is 13.8 Å². The molecule has 2 amide bonds. The van der Waals surface area contributed by atoms with Gasteiger partial charge in [-0.15, -0.1) is 0 Å². The fourth-order valence-electron chi connectivity index (χ4n) is 5.15. The third kappa shape index (κ3) is 4.44. The highest BCUT2D eigenvalue weighted by atomic mass is 16.2. The number of hydrogen-bond acceptors (Lipinski definition) is 3. The van der Waals surface area contributed by atoms with Gasteiger partial charge in [0.25, 0.3) is 5.91 Å². The number of fused-ring (bicyclic) bond motifs is 1. The van der Waals surface area contributed by atoms with Crippen LogP contribution in [0.3, 0.4) is 0 Å². The number of nitrogens with one attached hydrogen (secondary N) is 1. The second-order valence-corrected chi connectivity index (χ2v) is 11.2. The molecule has 33 heavy (non-hydrogen) atoms. The molecule has 0 radical (unpaired) electrons. The van der Waals surface area contributed by atoms with E-state index in [0.717, 1.165) is 48.2 Å². The summed E-state index contributed by atoms with van der Waals surface area (Å²) in [6.45, 7) is 12.5. The van der Waals surface area contributed by atoms with Gasteiger partial charge in [0.05, 0.1) is 12.2 Å². The van der Waals surface area contributed by atoms with Crippen LogP contribution >= 0.6 is 0 Å². The molecule has 2 heterocycles. The van der Waals surface area contributed by atoms with E-state index in [-0.39, 0.29) is 23.3 Å². The first kappa shape index (κ1) is 23.5. The van der Waals surface area contributed by atoms with Gasteiger partial charge in [-0.25, -0.2) is 0 Å². The quantitative estimate of drug-likeness (QED) is 0.665. The number of anilines is 1. The number of carbonyl (C=O) groups is 2. The summed E-state index contributed by atoms with van der Waals surface area (Å²) >= 11 is 0. The first-order valence-corrected chi connectivity index (χ1v) is 12.3. The van der Waals surface area contributed by atoms with E-state index >= 15 is 0 Å². The molecule has 1 fully saturated rings. The van der Waals surface area contributed by atoms with E-state index in [1.807, 2.05) is 39.0 Å². The molecular weight excluding hydrogens is 412 g/mol. The number of nitrogens with zero attached hydrogens (tertiary/aromatic N) is 3. The number of carbonyl (C=O) groups excluding carboxylic acids is 2. The number of benzene rings is 1. The molecule has 0 spiro atoms. The van der Waals surface area contributed by atoms with Crippen molar-refractivity contribution in [2.75, 3.05) is 4.90 Å². The van der Waals surface area contributed by atoms with Crippen molar-refractivity contribution >= 4 is 17.5 Å². The Kier molecular flexibility index (Phi) is 6.14. The highest BCUT2D eigenvalue weighted by molar-refractivity contribution is 6.12. The molecule has 1 saturated carbocycles. The van der Waals surface area contributed by atoms with Crippen LogP contribution in [0.4, 0.5) is 5.69 Å². The Balaban J connectivity index is 1.78. The minimum absolute atomic E-state index is 0.0961. The SMILES string of the molecule is Cc1ccc(N2C(=O)c3cc(C(C)(C)C)nn3C[C@@]2(C)C(=O)NC2CCCCCC2)c(C)c1. The normalized spacial score (nSPS) is 22.1. The van der Waals surface area contributed by atoms with Crippen LogP contribution < -0.4 is 10.2 Å². The molecule has 1 aromatic carbocycles. The summed E-state index contributed by atoms with van der Waals surface area (Å²) in [5.74, 6) is -0.268. The summed E-state index contributed by atoms with van der Waals surface area (Å²) in [6.07, 6.45) is 6.73. The van der Waals surface area contributed by atoms with E-state index in [9.17, 15) is 9.59 Å². The zero-order valence-corrected chi connectivity index (χ0v) is 21.0. The Bertz CT molecular complexity index is 1060. The van der Waals surface area contributed by atoms with Crippen molar-refractivity contribution in [2.45, 2.75) is 104 Å². The van der Waals surface area contributed by atoms with Gasteiger partial charge in [0.15, 0.2) is 0 Å². The predicted molar refractivity (Wildman–Crippen MR) is 132 cm³/mol. The van der Waals surface area contributed by atoms with Gasteiger partial charge in [-0.3, -0.25) is 19.2 Å². The maximum atomic E-state index is 13.9. The summed E-state index contributed by atoms with van der Waals surface area (Å²) in [6, 6.07) is 8.10. The van der Waals surface area contributed by atoms with Crippen molar-refractivity contribution in [3.8, 4) is 0 Å². The van der Waals surface area contributed by atoms with E-state index in [1.165, 1.54) is 12.8 Å². The molecule has 178 valence electrons. The highest BCUT2D eigenvalue weighted by Gasteiger charge is 2.50. The third-order valence-electron chi connectivity index (χ3n) is 7.19. The third-order valence-corrected chi connectivity index (χ3v) is 7.19. The minimum atomic E-state index is -1.07. The number of hydrogen-bond donors (Lipinski definition) is 1. The molecule has 1 aliphatic heterocycles. The van der Waals surface area contributed by atoms with E-state index < -0.39 is 5.54 Å². The Morgan fingerprint density at radius 1 is 1.09 bits per heavy atom. The van der Waals surface area contributed by atoms with Crippen LogP contribution in [0.15, 0.2) is 24.3 Å². The Hall–Kier alpha value is -2.63. The standard InChI is InChI=1S/C27H38N4O2/c1-18-13-14-21(19(2)15-18)31-24(32)22-16-23(26(3,4)5)29-30(22)17-27(31,6)25(33)28-20-11-9-7-8-10-12-20/h13-16,20H,7-12,17H2,1-6H3,(H,28,33)/t27-/m0/s1. The second kappa shape index (κ2) is 8.62. The highest BCUT2D eigenvalue weighted by Crippen LogP contribution is 2.36. The number of aromatic nitrogens is 2. The Morgan fingerprint density at radius 3 is 2.36 bits per heavy atom. The van der Waals surface area contributed by atoms with Crippen molar-refractivity contribution < 1.29 is 9.59 Å². The molecule has 0 saturated heterocycles. The van der Waals surface area contributed by atoms with Crippen LogP contribution in [0.5, 0.6) is 0 Å². The van der Waals surface area contributed by atoms with Gasteiger partial charge in [-0.05, 0) is 51.3 Å². The summed E-state index contributed by atoms with van der Waals surface area (Å²) in [4.78, 5) is 29.5. The zero-order valence-electron chi connectivity index (χ0n) is 21.0. The molecule has 1 atom stereocenters. The summed E-state index contributed by atoms with van der Waals surface area (Å²) in [5.41, 5.74) is 3.05. The van der Waals surface area contributed by atoms with Gasteiger partial charge in [0.1, 0.15) is 11.2 Å². The lowest BCUT2D eigenvalue weighted by Crippen LogP contribution is -2.65. The van der Waals surface area contributed by atoms with Gasteiger partial charge < -0.3 is 5.32 Å². The molecule has 1 N–H and O–H groups in total. The van der Waals surface area contributed by atoms with Crippen LogP contribution in [0.2, 0.25) is 0 Å². The van der Waals surface area contributed by atoms with Crippen LogP contribution in [0.25, 0.3) is 0 Å². The van der Waals surface area contributed by atoms with Crippen molar-refractivity contribution in [3.05, 3.63) is 46.8 Å². The van der Waals surface area contributed by atoms with E-state index in [2.05, 4.69) is 32.2 Å². The topological polar surface area (TPSA) is 67.2 Å². The first-order valence-electron chi connectivity index (χ1n) is 12.3. The minimum Gasteiger partial charge on any atom is -0.351 e. The van der Waals surface area contributed by atoms with Crippen LogP contribution in [-0.4, -0.2) is 33.2 Å². The fraction of sp³-hybridized carbons (Fsp3) is 0.593. The molecule has 1 aliphatic carbocycles. The largest absolute Gasteiger partial charge is 0.351 e. The Labute approximate surface area is 197 Å². The van der Waals surface area contributed by atoms with Crippen LogP contribution in [-0.2, 0) is 16.8 Å². The first-order chi connectivity index (χ1) is 15.5. The Morgan fingerprint density at radius 2 is 1.76 bits per heavy atom. The molecule has 1 aromatic heterocycles. The number of aryl methyl sites for hydroxylation is 2. The second-order valence-electron chi connectivity index (χ2n) is 11.2. The maximum Gasteiger partial charge on any atom is 0.277 e. The molecule has 6 nitrogen and oxygen atoms in total. The molecule has 2 aliphatic rings. The molecule has 4 rings (SSSR count). The monoisotopic (exact) mass is 450 g/mol. The van der Waals surface area contributed by atoms with Gasteiger partial charge in [-0.1, -0.05) is 64.2 Å². The zero-order chi connectivity index (χ0) is 24.0. The van der Waals surface area contributed by atoms with Crippen molar-refractivity contribution in [1.82, 2.24) is 15.1 Å². The molecular formula is C27H38N4O2.